The number of anilines is 3. The summed E-state index contributed by atoms with van der Waals surface area (Å²) in [7, 11) is 0. The molecule has 226 valence electrons. The largest absolute Gasteiger partial charge is 0.456 e. The predicted octanol–water partition coefficient (Wildman–Crippen LogP) is 12.4. The zero-order valence-electron chi connectivity index (χ0n) is 25.6. The summed E-state index contributed by atoms with van der Waals surface area (Å²) in [5, 5.41) is 4.14. The van der Waals surface area contributed by atoms with Crippen molar-refractivity contribution in [2.45, 2.75) is 0 Å². The molecule has 5 nitrogen and oxygen atoms in total. The van der Waals surface area contributed by atoms with Gasteiger partial charge in [0.1, 0.15) is 27.8 Å². The lowest BCUT2D eigenvalue weighted by Gasteiger charge is -2.26. The van der Waals surface area contributed by atoms with Crippen LogP contribution in [0, 0.1) is 0 Å². The average molecular weight is 619 g/mol. The lowest BCUT2D eigenvalue weighted by Crippen LogP contribution is -2.10. The van der Waals surface area contributed by atoms with E-state index < -0.39 is 0 Å². The number of nitrogens with zero attached hydrogens (tertiary/aromatic N) is 2. The second-order valence-electron chi connectivity index (χ2n) is 12.0. The van der Waals surface area contributed by atoms with Gasteiger partial charge in [0.2, 0.25) is 5.89 Å². The van der Waals surface area contributed by atoms with Gasteiger partial charge in [0.15, 0.2) is 5.58 Å². The maximum atomic E-state index is 6.50. The minimum atomic E-state index is 0.585. The highest BCUT2D eigenvalue weighted by Crippen LogP contribution is 2.45. The second kappa shape index (κ2) is 10.5. The van der Waals surface area contributed by atoms with Crippen LogP contribution in [-0.2, 0) is 0 Å². The molecule has 3 heterocycles. The van der Waals surface area contributed by atoms with E-state index in [1.807, 2.05) is 72.8 Å². The number of fused-ring (bicyclic) bond motifs is 7. The van der Waals surface area contributed by atoms with Crippen molar-refractivity contribution in [1.82, 2.24) is 4.98 Å². The van der Waals surface area contributed by atoms with Gasteiger partial charge in [-0.25, -0.2) is 4.98 Å². The molecule has 0 aliphatic heterocycles. The highest BCUT2D eigenvalue weighted by atomic mass is 16.4. The van der Waals surface area contributed by atoms with E-state index in [9.17, 15) is 0 Å². The van der Waals surface area contributed by atoms with Crippen molar-refractivity contribution >= 4 is 72.0 Å². The Bertz CT molecular complexity index is 2770. The summed E-state index contributed by atoms with van der Waals surface area (Å²) in [6.45, 7) is 0. The Kier molecular flexibility index (Phi) is 5.81. The molecule has 10 rings (SSSR count). The van der Waals surface area contributed by atoms with Crippen molar-refractivity contribution in [2.75, 3.05) is 4.90 Å². The standard InChI is InChI=1S/C43H26N2O3/c1-3-10-27(11-4-1)28-18-20-30(21-19-28)45(31-22-23-33-32-14-7-8-16-37(32)46-39(33)24-31)36-15-9-17-38-42(36)34-25-41-35(26-40(34)47-38)44-43(48-41)29-12-5-2-6-13-29/h1-26H. The fourth-order valence-corrected chi connectivity index (χ4v) is 6.83. The second-order valence-corrected chi connectivity index (χ2v) is 12.0. The fourth-order valence-electron chi connectivity index (χ4n) is 6.83. The van der Waals surface area contributed by atoms with Crippen LogP contribution >= 0.6 is 0 Å². The third kappa shape index (κ3) is 4.22. The van der Waals surface area contributed by atoms with Gasteiger partial charge in [-0.1, -0.05) is 84.9 Å². The third-order valence-corrected chi connectivity index (χ3v) is 9.10. The van der Waals surface area contributed by atoms with Gasteiger partial charge in [0.25, 0.3) is 0 Å². The van der Waals surface area contributed by atoms with E-state index in [0.29, 0.717) is 11.5 Å². The van der Waals surface area contributed by atoms with Crippen molar-refractivity contribution in [3.63, 3.8) is 0 Å². The molecule has 0 fully saturated rings. The monoisotopic (exact) mass is 618 g/mol. The fraction of sp³-hybridized carbons (Fsp3) is 0. The summed E-state index contributed by atoms with van der Waals surface area (Å²) in [6, 6.07) is 53.9. The Hall–Kier alpha value is -6.59. The van der Waals surface area contributed by atoms with E-state index >= 15 is 0 Å². The number of rotatable bonds is 5. The number of para-hydroxylation sites is 1. The molecule has 0 aliphatic carbocycles. The highest BCUT2D eigenvalue weighted by Gasteiger charge is 2.22. The van der Waals surface area contributed by atoms with E-state index in [0.717, 1.165) is 77.6 Å². The van der Waals surface area contributed by atoms with Crippen LogP contribution in [0.1, 0.15) is 0 Å². The molecular weight excluding hydrogens is 592 g/mol. The molecule has 0 N–H and O–H groups in total. The predicted molar refractivity (Wildman–Crippen MR) is 194 cm³/mol. The molecule has 0 spiro atoms. The smallest absolute Gasteiger partial charge is 0.227 e. The van der Waals surface area contributed by atoms with E-state index in [-0.39, 0.29) is 0 Å². The first-order chi connectivity index (χ1) is 23.8. The zero-order valence-corrected chi connectivity index (χ0v) is 25.6. The minimum Gasteiger partial charge on any atom is -0.456 e. The van der Waals surface area contributed by atoms with Crippen LogP contribution in [0.2, 0.25) is 0 Å². The van der Waals surface area contributed by atoms with Crippen molar-refractivity contribution in [3.05, 3.63) is 158 Å². The lowest BCUT2D eigenvalue weighted by atomic mass is 10.0. The summed E-state index contributed by atoms with van der Waals surface area (Å²) in [5.74, 6) is 0.585. The molecular formula is C43H26N2O3. The SMILES string of the molecule is c1ccc(-c2ccc(N(c3ccc4c(c3)oc3ccccc34)c3cccc4oc5cc6nc(-c7ccccc7)oc6cc5c34)cc2)cc1. The summed E-state index contributed by atoms with van der Waals surface area (Å²) < 4.78 is 19.2. The summed E-state index contributed by atoms with van der Waals surface area (Å²) >= 11 is 0. The Morgan fingerprint density at radius 2 is 1.04 bits per heavy atom. The molecule has 3 aromatic heterocycles. The Morgan fingerprint density at radius 3 is 1.88 bits per heavy atom. The molecule has 48 heavy (non-hydrogen) atoms. The number of hydrogen-bond donors (Lipinski definition) is 0. The molecule has 0 unspecified atom stereocenters. The zero-order chi connectivity index (χ0) is 31.6. The molecule has 0 saturated carbocycles. The first-order valence-corrected chi connectivity index (χ1v) is 15.9. The van der Waals surface area contributed by atoms with Crippen LogP contribution < -0.4 is 4.90 Å². The van der Waals surface area contributed by atoms with Gasteiger partial charge in [0.05, 0.1) is 11.1 Å². The molecule has 5 heteroatoms. The maximum Gasteiger partial charge on any atom is 0.227 e. The van der Waals surface area contributed by atoms with Crippen LogP contribution in [0.25, 0.3) is 77.6 Å². The topological polar surface area (TPSA) is 55.6 Å². The molecule has 0 saturated heterocycles. The molecule has 10 aromatic rings. The molecule has 0 bridgehead atoms. The van der Waals surface area contributed by atoms with Crippen molar-refractivity contribution in [2.24, 2.45) is 0 Å². The molecule has 7 aromatic carbocycles. The van der Waals surface area contributed by atoms with Crippen molar-refractivity contribution in [1.29, 1.82) is 0 Å². The summed E-state index contributed by atoms with van der Waals surface area (Å²) in [6.07, 6.45) is 0. The number of oxazole rings is 1. The molecule has 0 amide bonds. The van der Waals surface area contributed by atoms with Crippen LogP contribution in [-0.4, -0.2) is 4.98 Å². The molecule has 0 radical (unpaired) electrons. The third-order valence-electron chi connectivity index (χ3n) is 9.10. The van der Waals surface area contributed by atoms with Gasteiger partial charge in [-0.05, 0) is 71.8 Å². The Labute approximate surface area is 274 Å². The Morgan fingerprint density at radius 1 is 0.396 bits per heavy atom. The van der Waals surface area contributed by atoms with Crippen LogP contribution in [0.4, 0.5) is 17.1 Å². The number of furan rings is 2. The van der Waals surface area contributed by atoms with Gasteiger partial charge in [-0.2, -0.15) is 0 Å². The average Bonchev–Trinajstić information content (AvgIpc) is 3.84. The van der Waals surface area contributed by atoms with Crippen LogP contribution in [0.3, 0.4) is 0 Å². The minimum absolute atomic E-state index is 0.585. The first-order valence-electron chi connectivity index (χ1n) is 15.9. The van der Waals surface area contributed by atoms with Gasteiger partial charge < -0.3 is 18.2 Å². The van der Waals surface area contributed by atoms with Gasteiger partial charge in [-0.3, -0.25) is 0 Å². The number of aromatic nitrogens is 1. The van der Waals surface area contributed by atoms with Gasteiger partial charge in [-0.15, -0.1) is 0 Å². The van der Waals surface area contributed by atoms with Gasteiger partial charge >= 0.3 is 0 Å². The van der Waals surface area contributed by atoms with Crippen molar-refractivity contribution in [3.8, 4) is 22.6 Å². The first kappa shape index (κ1) is 26.6. The summed E-state index contributed by atoms with van der Waals surface area (Å²) in [5.41, 5.74) is 10.9. The van der Waals surface area contributed by atoms with Crippen molar-refractivity contribution < 1.29 is 13.3 Å². The maximum absolute atomic E-state index is 6.50. The highest BCUT2D eigenvalue weighted by molar-refractivity contribution is 6.16. The Balaban J connectivity index is 1.19. The normalized spacial score (nSPS) is 11.8. The van der Waals surface area contributed by atoms with E-state index in [1.54, 1.807) is 0 Å². The van der Waals surface area contributed by atoms with Gasteiger partial charge in [0, 0.05) is 45.2 Å². The van der Waals surface area contributed by atoms with Crippen LogP contribution in [0.15, 0.2) is 171 Å². The van der Waals surface area contributed by atoms with Crippen LogP contribution in [0.5, 0.6) is 0 Å². The number of hydrogen-bond acceptors (Lipinski definition) is 5. The number of benzene rings is 7. The van der Waals surface area contributed by atoms with E-state index in [2.05, 4.69) is 89.8 Å². The quantitative estimate of drug-likeness (QED) is 0.192. The van der Waals surface area contributed by atoms with E-state index in [4.69, 9.17) is 18.2 Å². The lowest BCUT2D eigenvalue weighted by molar-refractivity contribution is 0.620. The molecule has 0 aliphatic rings. The molecule has 0 atom stereocenters. The van der Waals surface area contributed by atoms with E-state index in [1.165, 1.54) is 5.56 Å². The summed E-state index contributed by atoms with van der Waals surface area (Å²) in [4.78, 5) is 7.07.